The number of Topliss-reactive ketones (excluding diaryl/α,β-unsaturated/α-hetero) is 1. The number of hydrogen-bond donors (Lipinski definition) is 0. The highest BCUT2D eigenvalue weighted by Crippen LogP contribution is 2.25. The molecule has 0 saturated carbocycles. The van der Waals surface area contributed by atoms with Crippen LogP contribution < -0.4 is 0 Å². The van der Waals surface area contributed by atoms with Gasteiger partial charge >= 0.3 is 0 Å². The lowest BCUT2D eigenvalue weighted by molar-refractivity contribution is -0.135. The van der Waals surface area contributed by atoms with Crippen molar-refractivity contribution in [2.75, 3.05) is 39.4 Å². The summed E-state index contributed by atoms with van der Waals surface area (Å²) in [7, 11) is 0. The maximum absolute atomic E-state index is 12.6. The zero-order valence-corrected chi connectivity index (χ0v) is 16.1. The Labute approximate surface area is 158 Å². The van der Waals surface area contributed by atoms with E-state index in [0.717, 1.165) is 32.4 Å². The third kappa shape index (κ3) is 4.71. The molecule has 0 bridgehead atoms. The topological polar surface area (TPSA) is 66.9 Å². The number of ether oxygens (including phenoxy) is 1. The highest BCUT2D eigenvalue weighted by Gasteiger charge is 2.26. The van der Waals surface area contributed by atoms with Crippen molar-refractivity contribution >= 4 is 28.9 Å². The van der Waals surface area contributed by atoms with Gasteiger partial charge in [-0.05, 0) is 44.2 Å². The van der Waals surface area contributed by atoms with Crippen molar-refractivity contribution in [1.29, 1.82) is 0 Å². The number of piperidine rings is 1. The minimum atomic E-state index is -0.00214. The predicted molar refractivity (Wildman–Crippen MR) is 99.6 cm³/mol. The lowest BCUT2D eigenvalue weighted by Gasteiger charge is -2.32. The van der Waals surface area contributed by atoms with Crippen LogP contribution in [-0.4, -0.2) is 66.8 Å². The van der Waals surface area contributed by atoms with E-state index in [1.165, 1.54) is 18.3 Å². The highest BCUT2D eigenvalue weighted by molar-refractivity contribution is 7.15. The monoisotopic (exact) mass is 378 g/mol. The summed E-state index contributed by atoms with van der Waals surface area (Å²) in [5.41, 5.74) is 0. The molecule has 3 rings (SSSR count). The molecule has 7 heteroatoms. The van der Waals surface area contributed by atoms with E-state index >= 15 is 0 Å². The van der Waals surface area contributed by atoms with Gasteiger partial charge in [-0.3, -0.25) is 14.4 Å². The van der Waals surface area contributed by atoms with Crippen molar-refractivity contribution in [2.45, 2.75) is 32.6 Å². The number of likely N-dealkylation sites (tertiary alicyclic amines) is 1. The number of amides is 2. The molecule has 2 saturated heterocycles. The molecule has 2 fully saturated rings. The number of morpholine rings is 1. The van der Waals surface area contributed by atoms with Crippen LogP contribution in [0.1, 0.15) is 52.0 Å². The molecule has 0 radical (unpaired) electrons. The van der Waals surface area contributed by atoms with E-state index in [9.17, 15) is 14.4 Å². The fourth-order valence-corrected chi connectivity index (χ4v) is 4.39. The summed E-state index contributed by atoms with van der Waals surface area (Å²) in [6.07, 6.45) is 3.36. The number of ketones is 1. The Kier molecular flexibility index (Phi) is 6.43. The highest BCUT2D eigenvalue weighted by atomic mass is 32.1. The molecule has 0 N–H and O–H groups in total. The van der Waals surface area contributed by atoms with Gasteiger partial charge in [0.2, 0.25) is 5.91 Å². The Morgan fingerprint density at radius 1 is 1.04 bits per heavy atom. The van der Waals surface area contributed by atoms with Crippen LogP contribution in [0, 0.1) is 5.92 Å². The zero-order chi connectivity index (χ0) is 18.5. The first-order valence-electron chi connectivity index (χ1n) is 9.30. The van der Waals surface area contributed by atoms with E-state index < -0.39 is 0 Å². The summed E-state index contributed by atoms with van der Waals surface area (Å²) in [6, 6.07) is 3.47. The molecule has 26 heavy (non-hydrogen) atoms. The third-order valence-electron chi connectivity index (χ3n) is 5.20. The fraction of sp³-hybridized carbons (Fsp3) is 0.632. The van der Waals surface area contributed by atoms with Gasteiger partial charge in [0, 0.05) is 32.6 Å². The summed E-state index contributed by atoms with van der Waals surface area (Å²) in [5, 5.41) is 0. The number of hydrogen-bond acceptors (Lipinski definition) is 5. The molecule has 0 unspecified atom stereocenters. The first-order valence-corrected chi connectivity index (χ1v) is 10.1. The number of carbonyl (C=O) groups excluding carboxylic acids is 3. The van der Waals surface area contributed by atoms with Crippen LogP contribution in [0.25, 0.3) is 0 Å². The Balaban J connectivity index is 1.42. The van der Waals surface area contributed by atoms with Crippen LogP contribution in [0.3, 0.4) is 0 Å². The normalized spacial score (nSPS) is 18.8. The SMILES string of the molecule is CC(=O)c1ccc(C(=O)N2CCC(CCC(=O)N3CCOCC3)CC2)s1. The minimum absolute atomic E-state index is 0.00214. The van der Waals surface area contributed by atoms with Crippen molar-refractivity contribution in [2.24, 2.45) is 5.92 Å². The molecule has 2 aliphatic heterocycles. The van der Waals surface area contributed by atoms with E-state index in [1.54, 1.807) is 12.1 Å². The maximum Gasteiger partial charge on any atom is 0.263 e. The van der Waals surface area contributed by atoms with Gasteiger partial charge in [-0.2, -0.15) is 0 Å². The van der Waals surface area contributed by atoms with E-state index in [-0.39, 0.29) is 17.6 Å². The van der Waals surface area contributed by atoms with Gasteiger partial charge in [0.25, 0.3) is 5.91 Å². The van der Waals surface area contributed by atoms with Crippen molar-refractivity contribution in [3.63, 3.8) is 0 Å². The summed E-state index contributed by atoms with van der Waals surface area (Å²) >= 11 is 1.27. The van der Waals surface area contributed by atoms with Crippen LogP contribution in [0.2, 0.25) is 0 Å². The van der Waals surface area contributed by atoms with Crippen molar-refractivity contribution in [3.05, 3.63) is 21.9 Å². The van der Waals surface area contributed by atoms with E-state index in [1.807, 2.05) is 9.80 Å². The number of carbonyl (C=O) groups is 3. The molecule has 142 valence electrons. The van der Waals surface area contributed by atoms with Gasteiger partial charge < -0.3 is 14.5 Å². The first-order chi connectivity index (χ1) is 12.5. The molecule has 6 nitrogen and oxygen atoms in total. The minimum Gasteiger partial charge on any atom is -0.378 e. The lowest BCUT2D eigenvalue weighted by atomic mass is 9.92. The second-order valence-electron chi connectivity index (χ2n) is 6.99. The van der Waals surface area contributed by atoms with Gasteiger partial charge in [-0.1, -0.05) is 0 Å². The zero-order valence-electron chi connectivity index (χ0n) is 15.2. The Morgan fingerprint density at radius 3 is 2.31 bits per heavy atom. The smallest absolute Gasteiger partial charge is 0.263 e. The molecule has 1 aromatic rings. The summed E-state index contributed by atoms with van der Waals surface area (Å²) in [6.45, 7) is 5.65. The quantitative estimate of drug-likeness (QED) is 0.738. The lowest BCUT2D eigenvalue weighted by Crippen LogP contribution is -2.41. The Hall–Kier alpha value is -1.73. The van der Waals surface area contributed by atoms with Gasteiger partial charge in [-0.25, -0.2) is 0 Å². The van der Waals surface area contributed by atoms with Crippen molar-refractivity contribution in [1.82, 2.24) is 9.80 Å². The second kappa shape index (κ2) is 8.77. The molecule has 0 aromatic carbocycles. The average molecular weight is 378 g/mol. The van der Waals surface area contributed by atoms with Gasteiger partial charge in [-0.15, -0.1) is 11.3 Å². The Bertz CT molecular complexity index is 658. The maximum atomic E-state index is 12.6. The van der Waals surface area contributed by atoms with Crippen molar-refractivity contribution in [3.8, 4) is 0 Å². The third-order valence-corrected chi connectivity index (χ3v) is 6.37. The molecule has 1 aromatic heterocycles. The Morgan fingerprint density at radius 2 is 1.69 bits per heavy atom. The molecule has 0 aliphatic carbocycles. The van der Waals surface area contributed by atoms with Crippen LogP contribution in [0.15, 0.2) is 12.1 Å². The van der Waals surface area contributed by atoms with Gasteiger partial charge in [0.1, 0.15) is 0 Å². The molecule has 0 atom stereocenters. The summed E-state index contributed by atoms with van der Waals surface area (Å²) in [5.74, 6) is 0.741. The number of nitrogens with zero attached hydrogens (tertiary/aromatic N) is 2. The standard InChI is InChI=1S/C19H26N2O4S/c1-14(22)16-3-4-17(26-16)19(24)21-8-6-15(7-9-21)2-5-18(23)20-10-12-25-13-11-20/h3-4,15H,2,5-13H2,1H3. The van der Waals surface area contributed by atoms with E-state index in [4.69, 9.17) is 4.74 Å². The average Bonchev–Trinajstić information content (AvgIpc) is 3.17. The van der Waals surface area contributed by atoms with Crippen LogP contribution in [0.5, 0.6) is 0 Å². The van der Waals surface area contributed by atoms with Crippen molar-refractivity contribution < 1.29 is 19.1 Å². The molecular weight excluding hydrogens is 352 g/mol. The summed E-state index contributed by atoms with van der Waals surface area (Å²) in [4.78, 5) is 41.2. The molecule has 0 spiro atoms. The second-order valence-corrected chi connectivity index (χ2v) is 8.07. The largest absolute Gasteiger partial charge is 0.378 e. The number of thiophene rings is 1. The fourth-order valence-electron chi connectivity index (χ4n) is 3.52. The van der Waals surface area contributed by atoms with E-state index in [2.05, 4.69) is 0 Å². The number of rotatable bonds is 5. The van der Waals surface area contributed by atoms with E-state index in [0.29, 0.717) is 48.4 Å². The van der Waals surface area contributed by atoms with Crippen LogP contribution >= 0.6 is 11.3 Å². The van der Waals surface area contributed by atoms with Gasteiger partial charge in [0.15, 0.2) is 5.78 Å². The molecule has 3 heterocycles. The van der Waals surface area contributed by atoms with Crippen LogP contribution in [0.4, 0.5) is 0 Å². The molecular formula is C19H26N2O4S. The molecule has 2 aliphatic rings. The summed E-state index contributed by atoms with van der Waals surface area (Å²) < 4.78 is 5.28. The molecule has 2 amide bonds. The first kappa shape index (κ1) is 19.0. The van der Waals surface area contributed by atoms with Gasteiger partial charge in [0.05, 0.1) is 23.0 Å². The van der Waals surface area contributed by atoms with Crippen LogP contribution in [-0.2, 0) is 9.53 Å². The predicted octanol–water partition coefficient (Wildman–Crippen LogP) is 2.44.